The summed E-state index contributed by atoms with van der Waals surface area (Å²) in [5, 5.41) is 21.1. The number of aliphatic hydroxyl groups is 2. The van der Waals surface area contributed by atoms with Crippen molar-refractivity contribution in [3.05, 3.63) is 35.6 Å². The van der Waals surface area contributed by atoms with Crippen molar-refractivity contribution in [2.24, 2.45) is 0 Å². The van der Waals surface area contributed by atoms with Crippen LogP contribution in [0.5, 0.6) is 0 Å². The van der Waals surface area contributed by atoms with Crippen LogP contribution in [0.25, 0.3) is 0 Å². The predicted molar refractivity (Wildman–Crippen MR) is 120 cm³/mol. The van der Waals surface area contributed by atoms with Gasteiger partial charge >= 0.3 is 5.97 Å². The minimum atomic E-state index is -0.958. The Bertz CT molecular complexity index is 722. The summed E-state index contributed by atoms with van der Waals surface area (Å²) in [7, 11) is 0. The minimum Gasteiger partial charge on any atom is -0.466 e. The zero-order valence-corrected chi connectivity index (χ0v) is 19.4. The lowest BCUT2D eigenvalue weighted by atomic mass is 9.93. The van der Waals surface area contributed by atoms with Gasteiger partial charge in [0.25, 0.3) is 0 Å². The monoisotopic (exact) mass is 451 g/mol. The maximum atomic E-state index is 13.0. The second-order valence-corrected chi connectivity index (χ2v) is 9.06. The van der Waals surface area contributed by atoms with Gasteiger partial charge in [-0.2, -0.15) is 0 Å². The first-order chi connectivity index (χ1) is 15.2. The van der Waals surface area contributed by atoms with Gasteiger partial charge in [0, 0.05) is 13.0 Å². The Hall–Kier alpha value is -1.99. The first kappa shape index (κ1) is 26.3. The minimum absolute atomic E-state index is 0.0702. The smallest absolute Gasteiger partial charge is 0.305 e. The summed E-state index contributed by atoms with van der Waals surface area (Å²) in [4.78, 5) is 25.5. The van der Waals surface area contributed by atoms with E-state index in [0.717, 1.165) is 31.2 Å². The van der Waals surface area contributed by atoms with Gasteiger partial charge in [-0.1, -0.05) is 31.4 Å². The molecule has 1 fully saturated rings. The summed E-state index contributed by atoms with van der Waals surface area (Å²) >= 11 is 0. The number of ether oxygens (including phenoxy) is 1. The normalized spacial score (nSPS) is 20.4. The molecular formula is C25H38FNO5. The third kappa shape index (κ3) is 8.87. The number of rotatable bonds is 14. The number of hydrogen-bond acceptors (Lipinski definition) is 5. The highest BCUT2D eigenvalue weighted by Crippen LogP contribution is 2.27. The molecule has 0 bridgehead atoms. The van der Waals surface area contributed by atoms with Crippen LogP contribution in [0.3, 0.4) is 0 Å². The van der Waals surface area contributed by atoms with Crippen molar-refractivity contribution in [3.8, 4) is 0 Å². The van der Waals surface area contributed by atoms with E-state index in [9.17, 15) is 24.2 Å². The Labute approximate surface area is 190 Å². The zero-order valence-electron chi connectivity index (χ0n) is 19.4. The van der Waals surface area contributed by atoms with Crippen LogP contribution < -0.4 is 0 Å². The fraction of sp³-hybridized carbons (Fsp3) is 0.680. The molecule has 0 saturated carbocycles. The van der Waals surface area contributed by atoms with Crippen molar-refractivity contribution < 1.29 is 28.9 Å². The van der Waals surface area contributed by atoms with E-state index in [1.807, 2.05) is 0 Å². The molecule has 7 heteroatoms. The molecule has 1 aromatic rings. The van der Waals surface area contributed by atoms with Crippen molar-refractivity contribution >= 4 is 11.9 Å². The number of amides is 1. The fourth-order valence-corrected chi connectivity index (χ4v) is 4.22. The number of nitrogens with zero attached hydrogens (tertiary/aromatic N) is 1. The van der Waals surface area contributed by atoms with Crippen LogP contribution in [0.4, 0.5) is 4.39 Å². The van der Waals surface area contributed by atoms with Crippen LogP contribution >= 0.6 is 0 Å². The first-order valence-corrected chi connectivity index (χ1v) is 11.8. The molecule has 32 heavy (non-hydrogen) atoms. The number of hydrogen-bond donors (Lipinski definition) is 2. The van der Waals surface area contributed by atoms with Crippen LogP contribution in [0, 0.1) is 5.82 Å². The van der Waals surface area contributed by atoms with Gasteiger partial charge < -0.3 is 19.8 Å². The van der Waals surface area contributed by atoms with Crippen molar-refractivity contribution in [1.82, 2.24) is 4.90 Å². The summed E-state index contributed by atoms with van der Waals surface area (Å²) in [6.45, 7) is 4.36. The molecular weight excluding hydrogens is 413 g/mol. The Morgan fingerprint density at radius 3 is 2.56 bits per heavy atom. The fourth-order valence-electron chi connectivity index (χ4n) is 4.22. The van der Waals surface area contributed by atoms with Crippen LogP contribution in [-0.4, -0.2) is 57.9 Å². The molecule has 6 nitrogen and oxygen atoms in total. The molecule has 1 heterocycles. The molecule has 2 rings (SSSR count). The topological polar surface area (TPSA) is 87.1 Å². The van der Waals surface area contributed by atoms with E-state index in [2.05, 4.69) is 0 Å². The second kappa shape index (κ2) is 12.9. The molecule has 180 valence electrons. The molecule has 0 aromatic heterocycles. The average Bonchev–Trinajstić information content (AvgIpc) is 3.01. The average molecular weight is 452 g/mol. The highest BCUT2D eigenvalue weighted by molar-refractivity contribution is 5.79. The van der Waals surface area contributed by atoms with E-state index in [4.69, 9.17) is 4.74 Å². The van der Waals surface area contributed by atoms with Gasteiger partial charge in [0.05, 0.1) is 30.8 Å². The van der Waals surface area contributed by atoms with E-state index >= 15 is 0 Å². The Morgan fingerprint density at radius 2 is 1.88 bits per heavy atom. The Morgan fingerprint density at radius 1 is 1.19 bits per heavy atom. The summed E-state index contributed by atoms with van der Waals surface area (Å²) in [6, 6.07) is 6.04. The highest BCUT2D eigenvalue weighted by atomic mass is 19.1. The highest BCUT2D eigenvalue weighted by Gasteiger charge is 2.38. The van der Waals surface area contributed by atoms with Gasteiger partial charge in [-0.25, -0.2) is 4.39 Å². The maximum absolute atomic E-state index is 13.0. The molecule has 1 saturated heterocycles. The first-order valence-electron chi connectivity index (χ1n) is 11.8. The van der Waals surface area contributed by atoms with Crippen LogP contribution in [0.1, 0.15) is 77.2 Å². The lowest BCUT2D eigenvalue weighted by molar-refractivity contribution is -0.143. The van der Waals surface area contributed by atoms with Crippen molar-refractivity contribution in [2.45, 2.75) is 95.8 Å². The third-order valence-electron chi connectivity index (χ3n) is 6.24. The largest absolute Gasteiger partial charge is 0.466 e. The van der Waals surface area contributed by atoms with E-state index < -0.39 is 11.7 Å². The quantitative estimate of drug-likeness (QED) is 0.332. The van der Waals surface area contributed by atoms with Crippen LogP contribution in [0.15, 0.2) is 24.3 Å². The second-order valence-electron chi connectivity index (χ2n) is 9.06. The zero-order chi connectivity index (χ0) is 23.6. The molecule has 0 spiro atoms. The predicted octanol–water partition coefficient (Wildman–Crippen LogP) is 3.76. The van der Waals surface area contributed by atoms with Crippen molar-refractivity contribution in [2.75, 3.05) is 13.2 Å². The van der Waals surface area contributed by atoms with E-state index in [-0.39, 0.29) is 30.2 Å². The molecule has 0 radical (unpaired) electrons. The van der Waals surface area contributed by atoms with E-state index in [0.29, 0.717) is 45.3 Å². The summed E-state index contributed by atoms with van der Waals surface area (Å²) in [5.41, 5.74) is 0.0000231. The van der Waals surface area contributed by atoms with Crippen molar-refractivity contribution in [3.63, 3.8) is 0 Å². The van der Waals surface area contributed by atoms with Gasteiger partial charge in [0.2, 0.25) is 5.91 Å². The number of esters is 1. The van der Waals surface area contributed by atoms with Crippen LogP contribution in [0.2, 0.25) is 0 Å². The molecule has 3 unspecified atom stereocenters. The summed E-state index contributed by atoms with van der Waals surface area (Å²) in [5.74, 6) is -0.516. The number of benzene rings is 1. The molecule has 1 aliphatic heterocycles. The number of carbonyl (C=O) groups excluding carboxylic acids is 2. The molecule has 1 amide bonds. The number of halogens is 1. The molecule has 1 aliphatic rings. The third-order valence-corrected chi connectivity index (χ3v) is 6.24. The lowest BCUT2D eigenvalue weighted by Gasteiger charge is -2.31. The molecule has 3 atom stereocenters. The Balaban J connectivity index is 1.74. The standard InChI is InChI=1S/C25H38FNO5/c1-3-32-24(30)9-7-5-4-6-8-21-22(28)18-23(29)27(21)17-16-25(2,31)15-14-19-10-12-20(26)13-11-19/h10-13,21-22,28,31H,3-9,14-18H2,1-2H3. The van der Waals surface area contributed by atoms with Crippen molar-refractivity contribution in [1.29, 1.82) is 0 Å². The number of carbonyl (C=O) groups is 2. The van der Waals surface area contributed by atoms with Gasteiger partial charge in [-0.3, -0.25) is 9.59 Å². The van der Waals surface area contributed by atoms with E-state index in [1.165, 1.54) is 12.1 Å². The maximum Gasteiger partial charge on any atom is 0.305 e. The summed E-state index contributed by atoms with van der Waals surface area (Å²) in [6.07, 6.45) is 5.64. The number of unbranched alkanes of at least 4 members (excludes halogenated alkanes) is 3. The summed E-state index contributed by atoms with van der Waals surface area (Å²) < 4.78 is 18.0. The van der Waals surface area contributed by atoms with Crippen LogP contribution in [-0.2, 0) is 20.7 Å². The van der Waals surface area contributed by atoms with Gasteiger partial charge in [-0.15, -0.1) is 0 Å². The molecule has 2 N–H and O–H groups in total. The lowest BCUT2D eigenvalue weighted by Crippen LogP contribution is -2.40. The van der Waals surface area contributed by atoms with Gasteiger partial charge in [0.1, 0.15) is 5.82 Å². The van der Waals surface area contributed by atoms with Gasteiger partial charge in [-0.05, 0) is 63.6 Å². The van der Waals surface area contributed by atoms with Gasteiger partial charge in [0.15, 0.2) is 0 Å². The van der Waals surface area contributed by atoms with E-state index in [1.54, 1.807) is 30.9 Å². The SMILES string of the molecule is CCOC(=O)CCCCCCC1C(O)CC(=O)N1CCC(C)(O)CCc1ccc(F)cc1. The molecule has 1 aromatic carbocycles. The number of aryl methyl sites for hydroxylation is 1. The Kier molecular flexibility index (Phi) is 10.6. The number of aliphatic hydroxyl groups excluding tert-OH is 1. The molecule has 0 aliphatic carbocycles. The number of likely N-dealkylation sites (tertiary alicyclic amines) is 1.